The Balaban J connectivity index is 1.95. The Bertz CT molecular complexity index is 1110. The van der Waals surface area contributed by atoms with E-state index in [2.05, 4.69) is 5.32 Å². The van der Waals surface area contributed by atoms with Crippen LogP contribution in [0.3, 0.4) is 0 Å². The average molecular weight is 476 g/mol. The van der Waals surface area contributed by atoms with Gasteiger partial charge in [0.15, 0.2) is 0 Å². The summed E-state index contributed by atoms with van der Waals surface area (Å²) in [7, 11) is -3.69. The largest absolute Gasteiger partial charge is 0.324 e. The van der Waals surface area contributed by atoms with Gasteiger partial charge in [-0.15, -0.1) is 11.8 Å². The number of benzene rings is 2. The van der Waals surface area contributed by atoms with Gasteiger partial charge in [-0.3, -0.25) is 9.59 Å². The van der Waals surface area contributed by atoms with Crippen LogP contribution in [-0.2, 0) is 19.6 Å². The van der Waals surface area contributed by atoms with Crippen molar-refractivity contribution in [1.82, 2.24) is 4.31 Å². The molecule has 1 aliphatic heterocycles. The number of hydrogen-bond donors (Lipinski definition) is 1. The highest BCUT2D eigenvalue weighted by Gasteiger charge is 2.29. The third-order valence-electron chi connectivity index (χ3n) is 5.49. The summed E-state index contributed by atoms with van der Waals surface area (Å²) in [5.41, 5.74) is 3.06. The van der Waals surface area contributed by atoms with Crippen LogP contribution in [0.4, 0.5) is 11.4 Å². The molecule has 0 fully saturated rings. The fourth-order valence-corrected chi connectivity index (χ4v) is 6.18. The zero-order valence-corrected chi connectivity index (χ0v) is 20.5. The van der Waals surface area contributed by atoms with Crippen molar-refractivity contribution in [1.29, 1.82) is 0 Å². The number of rotatable bonds is 7. The van der Waals surface area contributed by atoms with Crippen molar-refractivity contribution in [3.63, 3.8) is 0 Å². The van der Waals surface area contributed by atoms with Crippen LogP contribution in [0.25, 0.3) is 0 Å². The average Bonchev–Trinajstić information content (AvgIpc) is 2.90. The Kier molecular flexibility index (Phi) is 7.63. The van der Waals surface area contributed by atoms with Crippen molar-refractivity contribution in [2.24, 2.45) is 0 Å². The van der Waals surface area contributed by atoms with E-state index in [0.717, 1.165) is 21.7 Å². The van der Waals surface area contributed by atoms with Crippen LogP contribution in [0.5, 0.6) is 0 Å². The van der Waals surface area contributed by atoms with Crippen LogP contribution in [0.15, 0.2) is 46.2 Å². The molecule has 1 heterocycles. The van der Waals surface area contributed by atoms with Crippen LogP contribution in [0.2, 0.25) is 0 Å². The Morgan fingerprint density at radius 1 is 1.12 bits per heavy atom. The molecule has 0 spiro atoms. The molecule has 0 saturated carbocycles. The van der Waals surface area contributed by atoms with E-state index in [1.807, 2.05) is 32.0 Å². The number of carbonyl (C=O) groups excluding carboxylic acids is 2. The van der Waals surface area contributed by atoms with Gasteiger partial charge in [-0.2, -0.15) is 4.31 Å². The minimum Gasteiger partial charge on any atom is -0.324 e. The molecule has 7 nitrogen and oxygen atoms in total. The molecule has 32 heavy (non-hydrogen) atoms. The molecule has 0 bridgehead atoms. The van der Waals surface area contributed by atoms with Crippen LogP contribution in [0.1, 0.15) is 31.4 Å². The van der Waals surface area contributed by atoms with Gasteiger partial charge in [-0.25, -0.2) is 8.42 Å². The van der Waals surface area contributed by atoms with Gasteiger partial charge in [-0.1, -0.05) is 32.0 Å². The van der Waals surface area contributed by atoms with Crippen molar-refractivity contribution in [3.05, 3.63) is 47.5 Å². The highest BCUT2D eigenvalue weighted by Crippen LogP contribution is 2.36. The van der Waals surface area contributed by atoms with Gasteiger partial charge < -0.3 is 10.2 Å². The number of sulfonamides is 1. The highest BCUT2D eigenvalue weighted by molar-refractivity contribution is 7.99. The van der Waals surface area contributed by atoms with Crippen LogP contribution in [-0.4, -0.2) is 49.9 Å². The summed E-state index contributed by atoms with van der Waals surface area (Å²) in [4.78, 5) is 28.1. The first-order valence-electron chi connectivity index (χ1n) is 10.6. The Hall–Kier alpha value is -2.36. The first-order valence-corrected chi connectivity index (χ1v) is 13.0. The molecule has 2 amide bonds. The minimum atomic E-state index is -3.69. The summed E-state index contributed by atoms with van der Waals surface area (Å²) in [6, 6.07) is 10.6. The maximum atomic E-state index is 13.0. The topological polar surface area (TPSA) is 86.8 Å². The SMILES string of the molecule is CCN(CC)S(=O)(=O)c1ccc2c(c1)N(CC(=O)Nc1c(C)cccc1C)C(=O)CCS2. The molecule has 0 saturated heterocycles. The Morgan fingerprint density at radius 3 is 2.41 bits per heavy atom. The van der Waals surface area contributed by atoms with Crippen molar-refractivity contribution in [3.8, 4) is 0 Å². The highest BCUT2D eigenvalue weighted by atomic mass is 32.2. The summed E-state index contributed by atoms with van der Waals surface area (Å²) in [6.45, 7) is 7.92. The molecule has 3 rings (SSSR count). The lowest BCUT2D eigenvalue weighted by molar-refractivity contribution is -0.121. The van der Waals surface area contributed by atoms with E-state index in [0.29, 0.717) is 24.5 Å². The van der Waals surface area contributed by atoms with Crippen LogP contribution in [0, 0.1) is 13.8 Å². The van der Waals surface area contributed by atoms with Crippen molar-refractivity contribution < 1.29 is 18.0 Å². The Morgan fingerprint density at radius 2 is 1.78 bits per heavy atom. The summed E-state index contributed by atoms with van der Waals surface area (Å²) in [5, 5.41) is 2.91. The molecule has 1 aliphatic rings. The first-order chi connectivity index (χ1) is 15.2. The monoisotopic (exact) mass is 475 g/mol. The molecule has 2 aromatic carbocycles. The lowest BCUT2D eigenvalue weighted by atomic mass is 10.1. The molecule has 0 aliphatic carbocycles. The number of thioether (sulfide) groups is 1. The van der Waals surface area contributed by atoms with E-state index in [4.69, 9.17) is 0 Å². The number of carbonyl (C=O) groups is 2. The zero-order chi connectivity index (χ0) is 23.5. The van der Waals surface area contributed by atoms with E-state index >= 15 is 0 Å². The lowest BCUT2D eigenvalue weighted by Crippen LogP contribution is -2.38. The normalized spacial score (nSPS) is 14.3. The smallest absolute Gasteiger partial charge is 0.244 e. The van der Waals surface area contributed by atoms with Crippen molar-refractivity contribution in [2.75, 3.05) is 35.6 Å². The second-order valence-electron chi connectivity index (χ2n) is 7.61. The number of para-hydroxylation sites is 1. The molecule has 0 aromatic heterocycles. The molecular formula is C23H29N3O4S2. The molecule has 9 heteroatoms. The molecule has 0 unspecified atom stereocenters. The molecule has 0 radical (unpaired) electrons. The summed E-state index contributed by atoms with van der Waals surface area (Å²) >= 11 is 1.49. The number of anilines is 2. The van der Waals surface area contributed by atoms with E-state index in [1.54, 1.807) is 26.0 Å². The van der Waals surface area contributed by atoms with Gasteiger partial charge in [0, 0.05) is 35.8 Å². The number of hydrogen-bond acceptors (Lipinski definition) is 5. The minimum absolute atomic E-state index is 0.121. The maximum absolute atomic E-state index is 13.0. The van der Waals surface area contributed by atoms with Crippen molar-refractivity contribution in [2.45, 2.75) is 43.9 Å². The maximum Gasteiger partial charge on any atom is 0.244 e. The van der Waals surface area contributed by atoms with E-state index < -0.39 is 10.0 Å². The zero-order valence-electron chi connectivity index (χ0n) is 18.8. The lowest BCUT2D eigenvalue weighted by Gasteiger charge is -2.24. The van der Waals surface area contributed by atoms with E-state index in [9.17, 15) is 18.0 Å². The molecule has 0 atom stereocenters. The molecule has 2 aromatic rings. The summed E-state index contributed by atoms with van der Waals surface area (Å²) < 4.78 is 27.4. The third kappa shape index (κ3) is 5.00. The quantitative estimate of drug-likeness (QED) is 0.658. The number of amides is 2. The fraction of sp³-hybridized carbons (Fsp3) is 0.391. The Labute approximate surface area is 194 Å². The predicted molar refractivity (Wildman–Crippen MR) is 129 cm³/mol. The number of nitrogens with zero attached hydrogens (tertiary/aromatic N) is 2. The second-order valence-corrected chi connectivity index (χ2v) is 10.7. The number of nitrogens with one attached hydrogen (secondary N) is 1. The first kappa shape index (κ1) is 24.3. The van der Waals surface area contributed by atoms with E-state index in [1.165, 1.54) is 27.0 Å². The molecule has 172 valence electrons. The second kappa shape index (κ2) is 10.1. The van der Waals surface area contributed by atoms with Gasteiger partial charge in [-0.05, 0) is 43.2 Å². The molecular weight excluding hydrogens is 446 g/mol. The van der Waals surface area contributed by atoms with Crippen LogP contribution >= 0.6 is 11.8 Å². The number of aryl methyl sites for hydroxylation is 2. The van der Waals surface area contributed by atoms with E-state index in [-0.39, 0.29) is 29.7 Å². The fourth-order valence-electron chi connectivity index (χ4n) is 3.73. The van der Waals surface area contributed by atoms with Gasteiger partial charge in [0.05, 0.1) is 10.6 Å². The standard InChI is InChI=1S/C23H29N3O4S2/c1-5-25(6-2)32(29,30)18-10-11-20-19(14-18)26(22(28)12-13-31-20)15-21(27)24-23-16(3)8-7-9-17(23)4/h7-11,14H,5-6,12-13,15H2,1-4H3,(H,24,27). The van der Waals surface area contributed by atoms with Gasteiger partial charge in [0.1, 0.15) is 6.54 Å². The third-order valence-corrected chi connectivity index (χ3v) is 8.60. The van der Waals surface area contributed by atoms with Gasteiger partial charge in [0.25, 0.3) is 0 Å². The molecule has 1 N–H and O–H groups in total. The van der Waals surface area contributed by atoms with Crippen molar-refractivity contribution >= 4 is 45.0 Å². The number of fused-ring (bicyclic) bond motifs is 1. The van der Waals surface area contributed by atoms with Gasteiger partial charge in [0.2, 0.25) is 21.8 Å². The summed E-state index contributed by atoms with van der Waals surface area (Å²) in [6.07, 6.45) is 0.272. The summed E-state index contributed by atoms with van der Waals surface area (Å²) in [5.74, 6) is 0.0408. The van der Waals surface area contributed by atoms with Crippen LogP contribution < -0.4 is 10.2 Å². The van der Waals surface area contributed by atoms with Gasteiger partial charge >= 0.3 is 0 Å². The predicted octanol–water partition coefficient (Wildman–Crippen LogP) is 3.80.